The van der Waals surface area contributed by atoms with Crippen LogP contribution in [0, 0.1) is 5.92 Å². The van der Waals surface area contributed by atoms with E-state index in [1.54, 1.807) is 48.5 Å². The maximum Gasteiger partial charge on any atom is 0.420 e. The Morgan fingerprint density at radius 2 is 1.50 bits per heavy atom. The molecule has 0 aliphatic heterocycles. The van der Waals surface area contributed by atoms with E-state index in [1.807, 2.05) is 0 Å². The Morgan fingerprint density at radius 1 is 1.04 bits per heavy atom. The number of aliphatic hydroxyl groups excluding tert-OH is 1. The van der Waals surface area contributed by atoms with Crippen molar-refractivity contribution in [1.82, 2.24) is 4.90 Å². The highest BCUT2D eigenvalue weighted by molar-refractivity contribution is 5.99. The van der Waals surface area contributed by atoms with Gasteiger partial charge in [0, 0.05) is 6.61 Å². The highest BCUT2D eigenvalue weighted by Crippen LogP contribution is 2.52. The van der Waals surface area contributed by atoms with Gasteiger partial charge in [-0.25, -0.2) is 14.4 Å². The standard InChI is InChI=1S/C18H31NO7/c1-8-24-13(21)18(11-12(18)9-10-20)19(14(22)25-16(2,3)4)15(23)26-17(5,6)7/h12,20H,8-11H2,1-7H3/t12-,18-/m1/s1. The average molecular weight is 373 g/mol. The van der Waals surface area contributed by atoms with Crippen LogP contribution in [0.2, 0.25) is 0 Å². The van der Waals surface area contributed by atoms with Crippen LogP contribution in [-0.4, -0.2) is 58.1 Å². The second kappa shape index (κ2) is 7.82. The van der Waals surface area contributed by atoms with Crippen LogP contribution in [0.5, 0.6) is 0 Å². The molecule has 0 bridgehead atoms. The highest BCUT2D eigenvalue weighted by Gasteiger charge is 2.69. The summed E-state index contributed by atoms with van der Waals surface area (Å²) < 4.78 is 15.8. The Hall–Kier alpha value is -1.83. The smallest absolute Gasteiger partial charge is 0.420 e. The summed E-state index contributed by atoms with van der Waals surface area (Å²) in [6.07, 6.45) is -1.49. The third-order valence-electron chi connectivity index (χ3n) is 3.73. The molecule has 8 heteroatoms. The summed E-state index contributed by atoms with van der Waals surface area (Å²) in [7, 11) is 0. The molecule has 150 valence electrons. The molecule has 0 aromatic carbocycles. The molecular weight excluding hydrogens is 342 g/mol. The zero-order valence-corrected chi connectivity index (χ0v) is 16.7. The number of aliphatic hydroxyl groups is 1. The molecule has 1 saturated carbocycles. The molecule has 1 aliphatic carbocycles. The zero-order valence-electron chi connectivity index (χ0n) is 16.7. The molecule has 26 heavy (non-hydrogen) atoms. The van der Waals surface area contributed by atoms with Crippen LogP contribution < -0.4 is 0 Å². The van der Waals surface area contributed by atoms with Crippen LogP contribution in [0.15, 0.2) is 0 Å². The lowest BCUT2D eigenvalue weighted by Crippen LogP contribution is -2.55. The van der Waals surface area contributed by atoms with Gasteiger partial charge >= 0.3 is 18.2 Å². The van der Waals surface area contributed by atoms with Crippen molar-refractivity contribution >= 4 is 18.2 Å². The Bertz CT molecular complexity index is 519. The summed E-state index contributed by atoms with van der Waals surface area (Å²) in [4.78, 5) is 38.9. The number of imide groups is 1. The van der Waals surface area contributed by atoms with Crippen molar-refractivity contribution in [2.75, 3.05) is 13.2 Å². The monoisotopic (exact) mass is 373 g/mol. The first-order valence-corrected chi connectivity index (χ1v) is 8.82. The Kier molecular flexibility index (Phi) is 6.68. The first-order chi connectivity index (χ1) is 11.8. The number of carbonyl (C=O) groups is 3. The summed E-state index contributed by atoms with van der Waals surface area (Å²) in [5, 5.41) is 9.25. The van der Waals surface area contributed by atoms with Gasteiger partial charge in [0.25, 0.3) is 0 Å². The number of carbonyl (C=O) groups excluding carboxylic acids is 3. The number of ether oxygens (including phenoxy) is 3. The van der Waals surface area contributed by atoms with E-state index in [-0.39, 0.29) is 26.1 Å². The molecule has 8 nitrogen and oxygen atoms in total. The van der Waals surface area contributed by atoms with E-state index in [4.69, 9.17) is 14.2 Å². The van der Waals surface area contributed by atoms with E-state index in [0.29, 0.717) is 0 Å². The lowest BCUT2D eigenvalue weighted by Gasteiger charge is -2.33. The molecule has 1 rings (SSSR count). The number of hydrogen-bond acceptors (Lipinski definition) is 7. The average Bonchev–Trinajstić information content (AvgIpc) is 3.10. The van der Waals surface area contributed by atoms with E-state index < -0.39 is 40.8 Å². The molecule has 0 radical (unpaired) electrons. The molecular formula is C18H31NO7. The summed E-state index contributed by atoms with van der Waals surface area (Å²) in [5.74, 6) is -1.11. The van der Waals surface area contributed by atoms with E-state index in [0.717, 1.165) is 4.90 Å². The second-order valence-electron chi connectivity index (χ2n) is 8.35. The lowest BCUT2D eigenvalue weighted by molar-refractivity contribution is -0.151. The van der Waals surface area contributed by atoms with Crippen LogP contribution >= 0.6 is 0 Å². The van der Waals surface area contributed by atoms with Crippen molar-refractivity contribution in [3.05, 3.63) is 0 Å². The topological polar surface area (TPSA) is 102 Å². The van der Waals surface area contributed by atoms with Gasteiger partial charge in [-0.3, -0.25) is 0 Å². The molecule has 0 saturated heterocycles. The van der Waals surface area contributed by atoms with E-state index in [2.05, 4.69) is 0 Å². The van der Waals surface area contributed by atoms with Crippen LogP contribution in [0.25, 0.3) is 0 Å². The third kappa shape index (κ3) is 5.33. The maximum absolute atomic E-state index is 12.8. The molecule has 0 unspecified atom stereocenters. The summed E-state index contributed by atoms with van der Waals surface area (Å²) in [5.41, 5.74) is -3.24. The summed E-state index contributed by atoms with van der Waals surface area (Å²) >= 11 is 0. The van der Waals surface area contributed by atoms with Gasteiger partial charge in [0.2, 0.25) is 0 Å². The number of nitrogens with zero attached hydrogens (tertiary/aromatic N) is 1. The van der Waals surface area contributed by atoms with Gasteiger partial charge < -0.3 is 19.3 Å². The van der Waals surface area contributed by atoms with E-state index in [1.165, 1.54) is 0 Å². The minimum absolute atomic E-state index is 0.100. The van der Waals surface area contributed by atoms with Crippen LogP contribution in [-0.2, 0) is 19.0 Å². The molecule has 0 heterocycles. The number of rotatable bonds is 5. The molecule has 1 fully saturated rings. The minimum atomic E-state index is -1.51. The van der Waals surface area contributed by atoms with Crippen molar-refractivity contribution in [1.29, 1.82) is 0 Å². The first kappa shape index (κ1) is 22.2. The predicted octanol–water partition coefficient (Wildman–Crippen LogP) is 2.86. The van der Waals surface area contributed by atoms with Gasteiger partial charge in [0.1, 0.15) is 11.2 Å². The summed E-state index contributed by atoms with van der Waals surface area (Å²) in [6, 6.07) is 0. The molecule has 1 N–H and O–H groups in total. The fourth-order valence-corrected chi connectivity index (χ4v) is 2.70. The van der Waals surface area contributed by atoms with Gasteiger partial charge in [0.05, 0.1) is 6.61 Å². The molecule has 0 aromatic rings. The fourth-order valence-electron chi connectivity index (χ4n) is 2.70. The largest absolute Gasteiger partial charge is 0.464 e. The lowest BCUT2D eigenvalue weighted by atomic mass is 10.1. The number of esters is 1. The number of amides is 2. The number of hydrogen-bond donors (Lipinski definition) is 1. The zero-order chi connectivity index (χ0) is 20.3. The van der Waals surface area contributed by atoms with Crippen LogP contribution in [0.1, 0.15) is 61.3 Å². The van der Waals surface area contributed by atoms with Crippen molar-refractivity contribution < 1.29 is 33.7 Å². The van der Waals surface area contributed by atoms with E-state index in [9.17, 15) is 19.5 Å². The quantitative estimate of drug-likeness (QED) is 0.584. The fraction of sp³-hybridized carbons (Fsp3) is 0.833. The maximum atomic E-state index is 12.8. The third-order valence-corrected chi connectivity index (χ3v) is 3.73. The van der Waals surface area contributed by atoms with Gasteiger partial charge in [-0.1, -0.05) is 0 Å². The van der Waals surface area contributed by atoms with Crippen molar-refractivity contribution in [3.8, 4) is 0 Å². The molecule has 1 aliphatic rings. The predicted molar refractivity (Wildman–Crippen MR) is 93.5 cm³/mol. The van der Waals surface area contributed by atoms with Gasteiger partial charge in [-0.2, -0.15) is 4.90 Å². The van der Waals surface area contributed by atoms with Gasteiger partial charge in [0.15, 0.2) is 5.54 Å². The van der Waals surface area contributed by atoms with Crippen LogP contribution in [0.3, 0.4) is 0 Å². The van der Waals surface area contributed by atoms with Crippen molar-refractivity contribution in [2.45, 2.75) is 78.0 Å². The van der Waals surface area contributed by atoms with Gasteiger partial charge in [-0.05, 0) is 67.2 Å². The van der Waals surface area contributed by atoms with Gasteiger partial charge in [-0.15, -0.1) is 0 Å². The van der Waals surface area contributed by atoms with Crippen molar-refractivity contribution in [3.63, 3.8) is 0 Å². The first-order valence-electron chi connectivity index (χ1n) is 8.82. The molecule has 2 amide bonds. The SMILES string of the molecule is CCOC(=O)[C@@]1(N(C(=O)OC(C)(C)C)C(=O)OC(C)(C)C)C[C@H]1CCO. The minimum Gasteiger partial charge on any atom is -0.464 e. The van der Waals surface area contributed by atoms with Crippen LogP contribution in [0.4, 0.5) is 9.59 Å². The second-order valence-corrected chi connectivity index (χ2v) is 8.35. The Labute approximate surface area is 154 Å². The van der Waals surface area contributed by atoms with E-state index >= 15 is 0 Å². The molecule has 0 aromatic heterocycles. The highest BCUT2D eigenvalue weighted by atomic mass is 16.6. The molecule has 2 atom stereocenters. The Morgan fingerprint density at radius 3 is 1.85 bits per heavy atom. The summed E-state index contributed by atoms with van der Waals surface area (Å²) in [6.45, 7) is 11.5. The molecule has 0 spiro atoms. The Balaban J connectivity index is 3.29. The normalized spacial score (nSPS) is 22.4. The van der Waals surface area contributed by atoms with Crippen molar-refractivity contribution in [2.24, 2.45) is 5.92 Å².